The molecule has 2 aromatic rings. The maximum Gasteiger partial charge on any atom is 0.249 e. The van der Waals surface area contributed by atoms with E-state index in [1.165, 1.54) is 0 Å². The summed E-state index contributed by atoms with van der Waals surface area (Å²) < 4.78 is 5.29. The number of amides is 2. The molecule has 1 aliphatic heterocycles. The molecule has 0 unspecified atom stereocenters. The average molecular weight is 405 g/mol. The molecular weight excluding hydrogens is 376 g/mol. The zero-order valence-corrected chi connectivity index (χ0v) is 17.4. The van der Waals surface area contributed by atoms with Crippen LogP contribution in [0.3, 0.4) is 0 Å². The number of piperidine rings is 1. The van der Waals surface area contributed by atoms with E-state index in [9.17, 15) is 9.59 Å². The number of allylic oxidation sites excluding steroid dienone is 1. The minimum atomic E-state index is -0.164. The summed E-state index contributed by atoms with van der Waals surface area (Å²) in [6, 6.07) is 15.7. The van der Waals surface area contributed by atoms with Gasteiger partial charge < -0.3 is 15.0 Å². The highest BCUT2D eigenvalue weighted by Gasteiger charge is 2.30. The maximum atomic E-state index is 12.8. The van der Waals surface area contributed by atoms with Crippen LogP contribution >= 0.6 is 0 Å². The van der Waals surface area contributed by atoms with Gasteiger partial charge in [-0.1, -0.05) is 30.3 Å². The SMILES string of the molecule is COc1cccc(-c2ccc(NC(=O)[C@@H]3CCCN(C(=O)C4=CCCC4)C3)cc2)c1. The summed E-state index contributed by atoms with van der Waals surface area (Å²) in [5, 5.41) is 3.03. The number of nitrogens with one attached hydrogen (secondary N) is 1. The van der Waals surface area contributed by atoms with E-state index in [-0.39, 0.29) is 17.7 Å². The van der Waals surface area contributed by atoms with Crippen LogP contribution in [0, 0.1) is 5.92 Å². The van der Waals surface area contributed by atoms with Crippen molar-refractivity contribution in [3.05, 3.63) is 60.2 Å². The van der Waals surface area contributed by atoms with Gasteiger partial charge in [0.05, 0.1) is 13.0 Å². The molecule has 30 heavy (non-hydrogen) atoms. The fourth-order valence-corrected chi connectivity index (χ4v) is 4.24. The summed E-state index contributed by atoms with van der Waals surface area (Å²) in [5.41, 5.74) is 3.82. The van der Waals surface area contributed by atoms with E-state index in [4.69, 9.17) is 4.74 Å². The molecule has 2 aromatic carbocycles. The molecule has 2 amide bonds. The Morgan fingerprint density at radius 2 is 1.90 bits per heavy atom. The Balaban J connectivity index is 1.37. The van der Waals surface area contributed by atoms with E-state index >= 15 is 0 Å². The van der Waals surface area contributed by atoms with Gasteiger partial charge in [-0.3, -0.25) is 9.59 Å². The second kappa shape index (κ2) is 9.16. The number of likely N-dealkylation sites (tertiary alicyclic amines) is 1. The molecule has 1 aliphatic carbocycles. The lowest BCUT2D eigenvalue weighted by molar-refractivity contribution is -0.131. The van der Waals surface area contributed by atoms with Gasteiger partial charge in [0, 0.05) is 24.4 Å². The van der Waals surface area contributed by atoms with E-state index in [2.05, 4.69) is 11.4 Å². The van der Waals surface area contributed by atoms with Crippen LogP contribution in [0.4, 0.5) is 5.69 Å². The highest BCUT2D eigenvalue weighted by molar-refractivity contribution is 5.96. The topological polar surface area (TPSA) is 58.6 Å². The van der Waals surface area contributed by atoms with Crippen molar-refractivity contribution in [1.82, 2.24) is 4.90 Å². The van der Waals surface area contributed by atoms with Gasteiger partial charge in [0.1, 0.15) is 5.75 Å². The summed E-state index contributed by atoms with van der Waals surface area (Å²) >= 11 is 0. The van der Waals surface area contributed by atoms with E-state index in [0.717, 1.165) is 66.8 Å². The molecule has 0 saturated carbocycles. The van der Waals surface area contributed by atoms with Crippen LogP contribution in [0.25, 0.3) is 11.1 Å². The number of carbonyl (C=O) groups excluding carboxylic acids is 2. The Hall–Kier alpha value is -3.08. The van der Waals surface area contributed by atoms with Crippen LogP contribution in [0.5, 0.6) is 5.75 Å². The minimum Gasteiger partial charge on any atom is -0.497 e. The Kier molecular flexibility index (Phi) is 6.17. The van der Waals surface area contributed by atoms with Gasteiger partial charge in [0.2, 0.25) is 11.8 Å². The van der Waals surface area contributed by atoms with Crippen molar-refractivity contribution in [1.29, 1.82) is 0 Å². The molecule has 1 heterocycles. The molecule has 5 heteroatoms. The van der Waals surface area contributed by atoms with Crippen molar-refractivity contribution >= 4 is 17.5 Å². The summed E-state index contributed by atoms with van der Waals surface area (Å²) in [6.45, 7) is 1.25. The Bertz CT molecular complexity index is 949. The first kappa shape index (κ1) is 20.2. The highest BCUT2D eigenvalue weighted by Crippen LogP contribution is 2.27. The van der Waals surface area contributed by atoms with Gasteiger partial charge >= 0.3 is 0 Å². The fraction of sp³-hybridized carbons (Fsp3) is 0.360. The van der Waals surface area contributed by atoms with Crippen molar-refractivity contribution in [2.75, 3.05) is 25.5 Å². The number of hydrogen-bond donors (Lipinski definition) is 1. The van der Waals surface area contributed by atoms with Gasteiger partial charge in [0.25, 0.3) is 0 Å². The largest absolute Gasteiger partial charge is 0.497 e. The first-order valence-corrected chi connectivity index (χ1v) is 10.7. The van der Waals surface area contributed by atoms with Crippen molar-refractivity contribution in [2.24, 2.45) is 5.92 Å². The molecular formula is C25H28N2O3. The molecule has 1 N–H and O–H groups in total. The number of hydrogen-bond acceptors (Lipinski definition) is 3. The molecule has 1 atom stereocenters. The number of carbonyl (C=O) groups is 2. The number of nitrogens with zero attached hydrogens (tertiary/aromatic N) is 1. The number of methoxy groups -OCH3 is 1. The van der Waals surface area contributed by atoms with E-state index in [1.807, 2.05) is 53.4 Å². The molecule has 0 bridgehead atoms. The van der Waals surface area contributed by atoms with Gasteiger partial charge in [-0.05, 0) is 67.5 Å². The Morgan fingerprint density at radius 1 is 1.07 bits per heavy atom. The van der Waals surface area contributed by atoms with Crippen LogP contribution in [-0.4, -0.2) is 36.9 Å². The fourth-order valence-electron chi connectivity index (χ4n) is 4.24. The first-order valence-electron chi connectivity index (χ1n) is 10.7. The molecule has 156 valence electrons. The normalized spacial score (nSPS) is 18.6. The molecule has 2 aliphatic rings. The Labute approximate surface area is 177 Å². The predicted molar refractivity (Wildman–Crippen MR) is 118 cm³/mol. The van der Waals surface area contributed by atoms with Gasteiger partial charge in [0.15, 0.2) is 0 Å². The van der Waals surface area contributed by atoms with Gasteiger partial charge in [-0.25, -0.2) is 0 Å². The van der Waals surface area contributed by atoms with Crippen LogP contribution < -0.4 is 10.1 Å². The van der Waals surface area contributed by atoms with Crippen molar-refractivity contribution in [3.63, 3.8) is 0 Å². The number of ether oxygens (including phenoxy) is 1. The monoisotopic (exact) mass is 404 g/mol. The van der Waals surface area contributed by atoms with Crippen LogP contribution in [0.15, 0.2) is 60.2 Å². The highest BCUT2D eigenvalue weighted by atomic mass is 16.5. The summed E-state index contributed by atoms with van der Waals surface area (Å²) in [6.07, 6.45) is 6.65. The summed E-state index contributed by atoms with van der Waals surface area (Å²) in [7, 11) is 1.66. The summed E-state index contributed by atoms with van der Waals surface area (Å²) in [5.74, 6) is 0.757. The van der Waals surface area contributed by atoms with E-state index in [0.29, 0.717) is 6.54 Å². The van der Waals surface area contributed by atoms with Crippen LogP contribution in [-0.2, 0) is 9.59 Å². The van der Waals surface area contributed by atoms with Crippen LogP contribution in [0.2, 0.25) is 0 Å². The van der Waals surface area contributed by atoms with Crippen molar-refractivity contribution < 1.29 is 14.3 Å². The van der Waals surface area contributed by atoms with Gasteiger partial charge in [-0.2, -0.15) is 0 Å². The third-order valence-corrected chi connectivity index (χ3v) is 5.95. The maximum absolute atomic E-state index is 12.8. The average Bonchev–Trinajstić information content (AvgIpc) is 3.34. The molecule has 4 rings (SSSR count). The predicted octanol–water partition coefficient (Wildman–Crippen LogP) is 4.65. The van der Waals surface area contributed by atoms with Crippen LogP contribution in [0.1, 0.15) is 32.1 Å². The lowest BCUT2D eigenvalue weighted by Gasteiger charge is -2.32. The minimum absolute atomic E-state index is 0.0120. The molecule has 5 nitrogen and oxygen atoms in total. The lowest BCUT2D eigenvalue weighted by Crippen LogP contribution is -2.44. The summed E-state index contributed by atoms with van der Waals surface area (Å²) in [4.78, 5) is 27.3. The van der Waals surface area contributed by atoms with E-state index < -0.39 is 0 Å². The molecule has 0 aromatic heterocycles. The van der Waals surface area contributed by atoms with E-state index in [1.54, 1.807) is 7.11 Å². The first-order chi connectivity index (χ1) is 14.6. The molecule has 1 fully saturated rings. The zero-order valence-electron chi connectivity index (χ0n) is 17.4. The smallest absolute Gasteiger partial charge is 0.249 e. The molecule has 0 radical (unpaired) electrons. The third-order valence-electron chi connectivity index (χ3n) is 5.95. The second-order valence-corrected chi connectivity index (χ2v) is 8.01. The van der Waals surface area contributed by atoms with Gasteiger partial charge in [-0.15, -0.1) is 0 Å². The zero-order chi connectivity index (χ0) is 20.9. The Morgan fingerprint density at radius 3 is 2.63 bits per heavy atom. The standard InChI is InChI=1S/C25H28N2O3/c1-30-23-10-4-8-20(16-23)18-11-13-22(14-12-18)26-24(28)21-9-5-15-27(17-21)25(29)19-6-2-3-7-19/h4,6,8,10-14,16,21H,2-3,5,7,9,15,17H2,1H3,(H,26,28)/t21-/m1/s1. The number of rotatable bonds is 5. The van der Waals surface area contributed by atoms with Crippen molar-refractivity contribution in [3.8, 4) is 16.9 Å². The molecule has 0 spiro atoms. The quantitative estimate of drug-likeness (QED) is 0.789. The lowest BCUT2D eigenvalue weighted by atomic mass is 9.96. The molecule has 1 saturated heterocycles. The van der Waals surface area contributed by atoms with Crippen molar-refractivity contribution in [2.45, 2.75) is 32.1 Å². The third kappa shape index (κ3) is 4.56. The second-order valence-electron chi connectivity index (χ2n) is 8.01. The number of benzene rings is 2. The number of anilines is 1.